The van der Waals surface area contributed by atoms with Crippen LogP contribution in [0.25, 0.3) is 11.3 Å². The molecule has 1 aromatic heterocycles. The lowest BCUT2D eigenvalue weighted by molar-refractivity contribution is -0.137. The second kappa shape index (κ2) is 8.73. The molecule has 0 radical (unpaired) electrons. The Morgan fingerprint density at radius 1 is 1.03 bits per heavy atom. The van der Waals surface area contributed by atoms with Gasteiger partial charge in [-0.2, -0.15) is 0 Å². The van der Waals surface area contributed by atoms with Gasteiger partial charge < -0.3 is 15.5 Å². The summed E-state index contributed by atoms with van der Waals surface area (Å²) in [5.41, 5.74) is 9.11. The molecule has 7 heteroatoms. The number of nitrogens with zero attached hydrogens (tertiary/aromatic N) is 1. The molecule has 7 nitrogen and oxygen atoms in total. The van der Waals surface area contributed by atoms with Crippen LogP contribution < -0.4 is 11.1 Å². The van der Waals surface area contributed by atoms with Crippen molar-refractivity contribution in [2.24, 2.45) is 5.73 Å². The Labute approximate surface area is 174 Å². The van der Waals surface area contributed by atoms with Gasteiger partial charge in [-0.05, 0) is 19.4 Å². The van der Waals surface area contributed by atoms with Crippen molar-refractivity contribution in [3.8, 4) is 11.3 Å². The highest BCUT2D eigenvalue weighted by atomic mass is 16.4. The smallest absolute Gasteiger partial charge is 0.290 e. The van der Waals surface area contributed by atoms with Crippen LogP contribution in [0.3, 0.4) is 0 Å². The normalized spacial score (nSPS) is 11.7. The van der Waals surface area contributed by atoms with E-state index in [1.165, 1.54) is 0 Å². The van der Waals surface area contributed by atoms with Gasteiger partial charge in [0, 0.05) is 18.9 Å². The van der Waals surface area contributed by atoms with Crippen molar-refractivity contribution < 1.29 is 18.8 Å². The number of amides is 2. The lowest BCUT2D eigenvalue weighted by Crippen LogP contribution is -2.47. The van der Waals surface area contributed by atoms with Crippen molar-refractivity contribution in [3.05, 3.63) is 76.9 Å². The molecule has 0 saturated heterocycles. The summed E-state index contributed by atoms with van der Waals surface area (Å²) < 4.78 is 5.51. The van der Waals surface area contributed by atoms with Gasteiger partial charge in [-0.25, -0.2) is 4.98 Å². The van der Waals surface area contributed by atoms with Gasteiger partial charge in [0.25, 0.3) is 11.8 Å². The predicted octanol–water partition coefficient (Wildman–Crippen LogP) is 2.66. The van der Waals surface area contributed by atoms with E-state index < -0.39 is 23.6 Å². The van der Waals surface area contributed by atoms with Crippen molar-refractivity contribution in [2.75, 3.05) is 0 Å². The third kappa shape index (κ3) is 4.81. The van der Waals surface area contributed by atoms with Crippen LogP contribution in [-0.4, -0.2) is 28.6 Å². The third-order valence-corrected chi connectivity index (χ3v) is 4.57. The predicted molar refractivity (Wildman–Crippen MR) is 112 cm³/mol. The molecule has 1 atom stereocenters. The van der Waals surface area contributed by atoms with Gasteiger partial charge >= 0.3 is 0 Å². The highest BCUT2D eigenvalue weighted by Crippen LogP contribution is 2.24. The maximum atomic E-state index is 13.0. The topological polar surface area (TPSA) is 115 Å². The summed E-state index contributed by atoms with van der Waals surface area (Å²) in [5, 5.41) is 2.60. The number of nitrogens with two attached hydrogens (primary N) is 1. The molecule has 154 valence electrons. The van der Waals surface area contributed by atoms with Crippen molar-refractivity contribution in [2.45, 2.75) is 33.2 Å². The minimum atomic E-state index is -1.12. The van der Waals surface area contributed by atoms with Crippen molar-refractivity contribution in [1.29, 1.82) is 0 Å². The van der Waals surface area contributed by atoms with Gasteiger partial charge in [0.1, 0.15) is 11.7 Å². The van der Waals surface area contributed by atoms with E-state index in [1.807, 2.05) is 50.2 Å². The van der Waals surface area contributed by atoms with Crippen LogP contribution in [0.4, 0.5) is 0 Å². The van der Waals surface area contributed by atoms with E-state index in [2.05, 4.69) is 10.3 Å². The van der Waals surface area contributed by atoms with E-state index in [0.717, 1.165) is 16.7 Å². The number of aryl methyl sites for hydroxylation is 3. The van der Waals surface area contributed by atoms with Crippen LogP contribution >= 0.6 is 0 Å². The fourth-order valence-corrected chi connectivity index (χ4v) is 3.40. The fraction of sp³-hybridized carbons (Fsp3) is 0.217. The summed E-state index contributed by atoms with van der Waals surface area (Å²) in [5.74, 6) is -2.34. The zero-order chi connectivity index (χ0) is 21.8. The molecule has 0 spiro atoms. The number of nitrogens with one attached hydrogen (secondary N) is 1. The molecule has 2 amide bonds. The second-order valence-electron chi connectivity index (χ2n) is 7.23. The number of oxazole rings is 1. The standard InChI is InChI=1S/C23H23N3O4/c1-13-9-14(2)11-16(10-13)12-18(20(27)22(24)28)26-23(29)21-19(25-15(3)30-21)17-7-5-4-6-8-17/h4-11,18H,12H2,1-3H3,(H2,24,28)(H,26,29)/t18-/m0/s1. The number of Topliss-reactive ketones (excluding diaryl/α,β-unsaturated/α-hetero) is 1. The molecule has 3 rings (SSSR count). The van der Waals surface area contributed by atoms with Gasteiger partial charge in [0.2, 0.25) is 11.5 Å². The second-order valence-corrected chi connectivity index (χ2v) is 7.23. The Hall–Kier alpha value is -3.74. The number of benzene rings is 2. The van der Waals surface area contributed by atoms with Gasteiger partial charge in [-0.3, -0.25) is 14.4 Å². The Morgan fingerprint density at radius 2 is 1.67 bits per heavy atom. The molecule has 3 aromatic rings. The zero-order valence-electron chi connectivity index (χ0n) is 17.1. The number of ketones is 1. The molecular formula is C23H23N3O4. The number of hydrogen-bond acceptors (Lipinski definition) is 5. The largest absolute Gasteiger partial charge is 0.435 e. The summed E-state index contributed by atoms with van der Waals surface area (Å²) >= 11 is 0. The Kier molecular flexibility index (Phi) is 6.11. The highest BCUT2D eigenvalue weighted by molar-refractivity contribution is 6.38. The number of carbonyl (C=O) groups is 3. The molecule has 0 unspecified atom stereocenters. The van der Waals surface area contributed by atoms with Crippen LogP contribution in [0.1, 0.15) is 33.1 Å². The van der Waals surface area contributed by atoms with Gasteiger partial charge in [0.15, 0.2) is 5.89 Å². The SMILES string of the molecule is Cc1cc(C)cc(C[C@H](NC(=O)c2oc(C)nc2-c2ccccc2)C(=O)C(N)=O)c1. The first-order valence-corrected chi connectivity index (χ1v) is 9.49. The van der Waals surface area contributed by atoms with E-state index in [-0.39, 0.29) is 12.2 Å². The number of hydrogen-bond donors (Lipinski definition) is 2. The Morgan fingerprint density at radius 3 is 2.27 bits per heavy atom. The molecule has 3 N–H and O–H groups in total. The zero-order valence-corrected chi connectivity index (χ0v) is 17.1. The first-order chi connectivity index (χ1) is 14.2. The monoisotopic (exact) mass is 405 g/mol. The van der Waals surface area contributed by atoms with Crippen molar-refractivity contribution in [3.63, 3.8) is 0 Å². The quantitative estimate of drug-likeness (QED) is 0.587. The molecule has 0 aliphatic carbocycles. The maximum Gasteiger partial charge on any atom is 0.290 e. The maximum absolute atomic E-state index is 13.0. The molecule has 2 aromatic carbocycles. The summed E-state index contributed by atoms with van der Waals surface area (Å²) in [6, 6.07) is 13.8. The molecule has 0 bridgehead atoms. The number of aromatic nitrogens is 1. The summed E-state index contributed by atoms with van der Waals surface area (Å²) in [4.78, 5) is 41.2. The number of primary amides is 1. The van der Waals surface area contributed by atoms with E-state index in [0.29, 0.717) is 17.1 Å². The van der Waals surface area contributed by atoms with Crippen LogP contribution in [0.5, 0.6) is 0 Å². The van der Waals surface area contributed by atoms with E-state index in [1.54, 1.807) is 19.1 Å². The lowest BCUT2D eigenvalue weighted by atomic mass is 9.98. The molecule has 0 fully saturated rings. The van der Waals surface area contributed by atoms with Gasteiger partial charge in [0.05, 0.1) is 0 Å². The van der Waals surface area contributed by atoms with E-state index >= 15 is 0 Å². The minimum Gasteiger partial charge on any atom is -0.435 e. The first kappa shape index (κ1) is 21.0. The molecule has 30 heavy (non-hydrogen) atoms. The molecule has 0 saturated carbocycles. The minimum absolute atomic E-state index is 0.0265. The first-order valence-electron chi connectivity index (χ1n) is 9.49. The lowest BCUT2D eigenvalue weighted by Gasteiger charge is -2.16. The van der Waals surface area contributed by atoms with Gasteiger partial charge in [-0.1, -0.05) is 59.7 Å². The van der Waals surface area contributed by atoms with Crippen LogP contribution in [0.15, 0.2) is 52.9 Å². The van der Waals surface area contributed by atoms with Crippen molar-refractivity contribution in [1.82, 2.24) is 10.3 Å². The van der Waals surface area contributed by atoms with Crippen LogP contribution in [0, 0.1) is 20.8 Å². The molecule has 0 aliphatic rings. The average Bonchev–Trinajstić information content (AvgIpc) is 3.08. The third-order valence-electron chi connectivity index (χ3n) is 4.57. The summed E-state index contributed by atoms with van der Waals surface area (Å²) in [6.45, 7) is 5.50. The number of rotatable bonds is 7. The molecule has 1 heterocycles. The number of carbonyl (C=O) groups excluding carboxylic acids is 3. The Bertz CT molecular complexity index is 1080. The van der Waals surface area contributed by atoms with Crippen LogP contribution in [0.2, 0.25) is 0 Å². The summed E-state index contributed by atoms with van der Waals surface area (Å²) in [6.07, 6.45) is 0.129. The molecule has 0 aliphatic heterocycles. The molecular weight excluding hydrogens is 382 g/mol. The van der Waals surface area contributed by atoms with Gasteiger partial charge in [-0.15, -0.1) is 0 Å². The van der Waals surface area contributed by atoms with Crippen molar-refractivity contribution >= 4 is 17.6 Å². The average molecular weight is 405 g/mol. The van der Waals surface area contributed by atoms with Crippen LogP contribution in [-0.2, 0) is 16.0 Å². The van der Waals surface area contributed by atoms with E-state index in [4.69, 9.17) is 10.2 Å². The summed E-state index contributed by atoms with van der Waals surface area (Å²) in [7, 11) is 0. The highest BCUT2D eigenvalue weighted by Gasteiger charge is 2.29. The fourth-order valence-electron chi connectivity index (χ4n) is 3.40. The van der Waals surface area contributed by atoms with E-state index in [9.17, 15) is 14.4 Å². The Balaban J connectivity index is 1.91.